The van der Waals surface area contributed by atoms with E-state index >= 15 is 0 Å². The monoisotopic (exact) mass is 361 g/mol. The van der Waals surface area contributed by atoms with Crippen LogP contribution in [0.25, 0.3) is 0 Å². The molecule has 0 aromatic heterocycles. The number of likely N-dealkylation sites (tertiary alicyclic amines) is 1. The lowest BCUT2D eigenvalue weighted by Crippen LogP contribution is -2.48. The Morgan fingerprint density at radius 2 is 1.96 bits per heavy atom. The highest BCUT2D eigenvalue weighted by Gasteiger charge is 2.27. The van der Waals surface area contributed by atoms with Gasteiger partial charge >= 0.3 is 0 Å². The average molecular weight is 361 g/mol. The van der Waals surface area contributed by atoms with Gasteiger partial charge in [-0.3, -0.25) is 14.6 Å². The third-order valence-corrected chi connectivity index (χ3v) is 5.25. The van der Waals surface area contributed by atoms with Gasteiger partial charge in [-0.05, 0) is 37.1 Å². The summed E-state index contributed by atoms with van der Waals surface area (Å²) in [5, 5.41) is 2.80. The lowest BCUT2D eigenvalue weighted by molar-refractivity contribution is -0.127. The molecule has 0 spiro atoms. The molecule has 1 atom stereocenters. The number of amides is 1. The van der Waals surface area contributed by atoms with Crippen molar-refractivity contribution in [3.63, 3.8) is 0 Å². The summed E-state index contributed by atoms with van der Waals surface area (Å²) in [6.07, 6.45) is 3.24. The molecular weight excluding hydrogens is 330 g/mol. The highest BCUT2D eigenvalue weighted by atomic mass is 16.5. The fourth-order valence-corrected chi connectivity index (χ4v) is 3.69. The highest BCUT2D eigenvalue weighted by molar-refractivity contribution is 5.81. The van der Waals surface area contributed by atoms with E-state index in [-0.39, 0.29) is 11.9 Å². The molecule has 0 saturated carbocycles. The number of rotatable bonds is 7. The molecule has 0 unspecified atom stereocenters. The molecule has 0 radical (unpaired) electrons. The number of nitrogens with zero attached hydrogens (tertiary/aromatic N) is 2. The van der Waals surface area contributed by atoms with E-state index in [4.69, 9.17) is 9.47 Å². The zero-order valence-electron chi connectivity index (χ0n) is 15.8. The van der Waals surface area contributed by atoms with Crippen LogP contribution >= 0.6 is 0 Å². The third kappa shape index (κ3) is 5.43. The number of likely N-dealkylation sites (N-methyl/N-ethyl adjacent to an activating group) is 1. The predicted molar refractivity (Wildman–Crippen MR) is 101 cm³/mol. The number of ether oxygens (including phenoxy) is 2. The first-order chi connectivity index (χ1) is 12.8. The van der Waals surface area contributed by atoms with Crippen LogP contribution in [0.2, 0.25) is 0 Å². The van der Waals surface area contributed by atoms with Crippen LogP contribution in [0.4, 0.5) is 0 Å². The molecule has 1 amide bonds. The molecule has 1 aromatic carbocycles. The van der Waals surface area contributed by atoms with Crippen molar-refractivity contribution < 1.29 is 14.3 Å². The van der Waals surface area contributed by atoms with E-state index in [9.17, 15) is 4.79 Å². The molecule has 3 rings (SSSR count). The fraction of sp³-hybridized carbons (Fsp3) is 0.650. The summed E-state index contributed by atoms with van der Waals surface area (Å²) >= 11 is 0. The number of hydrogen-bond donors (Lipinski definition) is 1. The number of hydrogen-bond acceptors (Lipinski definition) is 5. The molecule has 2 saturated heterocycles. The van der Waals surface area contributed by atoms with Crippen molar-refractivity contribution in [2.75, 3.05) is 53.0 Å². The molecule has 144 valence electrons. The minimum Gasteiger partial charge on any atom is -0.492 e. The summed E-state index contributed by atoms with van der Waals surface area (Å²) in [5.74, 6) is 1.04. The van der Waals surface area contributed by atoms with Crippen molar-refractivity contribution in [2.24, 2.45) is 0 Å². The Morgan fingerprint density at radius 1 is 1.19 bits per heavy atom. The van der Waals surface area contributed by atoms with Crippen molar-refractivity contribution >= 4 is 5.91 Å². The van der Waals surface area contributed by atoms with Gasteiger partial charge in [-0.1, -0.05) is 18.6 Å². The fourth-order valence-electron chi connectivity index (χ4n) is 3.69. The summed E-state index contributed by atoms with van der Waals surface area (Å²) in [6, 6.07) is 8.29. The van der Waals surface area contributed by atoms with Gasteiger partial charge in [0.15, 0.2) is 0 Å². The van der Waals surface area contributed by atoms with E-state index in [2.05, 4.69) is 27.2 Å². The van der Waals surface area contributed by atoms with Gasteiger partial charge in [0.25, 0.3) is 0 Å². The van der Waals surface area contributed by atoms with E-state index in [0.29, 0.717) is 6.61 Å². The predicted octanol–water partition coefficient (Wildman–Crippen LogP) is 1.50. The van der Waals surface area contributed by atoms with Crippen molar-refractivity contribution in [1.82, 2.24) is 15.1 Å². The van der Waals surface area contributed by atoms with Crippen LogP contribution in [0.3, 0.4) is 0 Å². The Kier molecular flexibility index (Phi) is 7.29. The van der Waals surface area contributed by atoms with Crippen LogP contribution in [0.1, 0.15) is 24.8 Å². The number of piperidine rings is 1. The average Bonchev–Trinajstić information content (AvgIpc) is 2.70. The molecule has 6 heteroatoms. The van der Waals surface area contributed by atoms with Gasteiger partial charge in [-0.25, -0.2) is 0 Å². The molecule has 0 aliphatic carbocycles. The molecule has 26 heavy (non-hydrogen) atoms. The largest absolute Gasteiger partial charge is 0.492 e. The number of morpholine rings is 1. The Balaban J connectivity index is 1.46. The second-order valence-corrected chi connectivity index (χ2v) is 7.04. The van der Waals surface area contributed by atoms with Gasteiger partial charge in [-0.2, -0.15) is 0 Å². The van der Waals surface area contributed by atoms with Crippen LogP contribution in [0.15, 0.2) is 24.3 Å². The Hall–Kier alpha value is -1.63. The summed E-state index contributed by atoms with van der Waals surface area (Å²) in [7, 11) is 1.72. The summed E-state index contributed by atoms with van der Waals surface area (Å²) in [5.41, 5.74) is 1.22. The normalized spacial score (nSPS) is 22.1. The zero-order valence-corrected chi connectivity index (χ0v) is 15.8. The van der Waals surface area contributed by atoms with Gasteiger partial charge in [-0.15, -0.1) is 0 Å². The maximum absolute atomic E-state index is 12.1. The molecule has 2 aliphatic rings. The molecule has 0 bridgehead atoms. The van der Waals surface area contributed by atoms with Gasteiger partial charge < -0.3 is 14.8 Å². The molecule has 1 aromatic rings. The van der Waals surface area contributed by atoms with Crippen molar-refractivity contribution in [3.8, 4) is 5.75 Å². The van der Waals surface area contributed by atoms with E-state index in [1.54, 1.807) is 7.05 Å². The maximum atomic E-state index is 12.1. The second-order valence-electron chi connectivity index (χ2n) is 7.04. The van der Waals surface area contributed by atoms with Crippen LogP contribution in [0.5, 0.6) is 5.75 Å². The molecule has 2 heterocycles. The zero-order chi connectivity index (χ0) is 18.2. The van der Waals surface area contributed by atoms with E-state index < -0.39 is 0 Å². The van der Waals surface area contributed by atoms with E-state index in [1.165, 1.54) is 5.56 Å². The summed E-state index contributed by atoms with van der Waals surface area (Å²) < 4.78 is 11.2. The first-order valence-corrected chi connectivity index (χ1v) is 9.74. The van der Waals surface area contributed by atoms with Gasteiger partial charge in [0.05, 0.1) is 19.3 Å². The third-order valence-electron chi connectivity index (χ3n) is 5.25. The molecule has 2 aliphatic heterocycles. The molecule has 2 fully saturated rings. The number of benzene rings is 1. The topological polar surface area (TPSA) is 54.0 Å². The van der Waals surface area contributed by atoms with Crippen molar-refractivity contribution in [3.05, 3.63) is 29.8 Å². The first-order valence-electron chi connectivity index (χ1n) is 9.74. The van der Waals surface area contributed by atoms with Gasteiger partial charge in [0.2, 0.25) is 5.91 Å². The van der Waals surface area contributed by atoms with Gasteiger partial charge in [0.1, 0.15) is 12.4 Å². The summed E-state index contributed by atoms with van der Waals surface area (Å²) in [6.45, 7) is 7.05. The Bertz CT molecular complexity index is 558. The lowest BCUT2D eigenvalue weighted by atomic mass is 10.0. The highest BCUT2D eigenvalue weighted by Crippen LogP contribution is 2.21. The lowest BCUT2D eigenvalue weighted by Gasteiger charge is -2.34. The number of carbonyl (C=O) groups excluding carboxylic acids is 1. The molecule has 1 N–H and O–H groups in total. The standard InChI is InChI=1S/C20H31N3O3/c1-21-20(24)19-4-2-3-9-23(19)16-17-5-7-18(8-6-17)26-15-12-22-10-13-25-14-11-22/h5-8,19H,2-4,9-16H2,1H3,(H,21,24)/t19-/m1/s1. The van der Waals surface area contributed by atoms with Crippen molar-refractivity contribution in [1.29, 1.82) is 0 Å². The first kappa shape index (κ1) is 19.1. The molecular formula is C20H31N3O3. The van der Waals surface area contributed by atoms with Crippen molar-refractivity contribution in [2.45, 2.75) is 31.8 Å². The van der Waals surface area contributed by atoms with Gasteiger partial charge in [0, 0.05) is 33.2 Å². The van der Waals surface area contributed by atoms with Crippen LogP contribution < -0.4 is 10.1 Å². The quantitative estimate of drug-likeness (QED) is 0.798. The van der Waals surface area contributed by atoms with Crippen LogP contribution in [0, 0.1) is 0 Å². The molecule has 6 nitrogen and oxygen atoms in total. The SMILES string of the molecule is CNC(=O)[C@H]1CCCCN1Cc1ccc(OCCN2CCOCC2)cc1. The smallest absolute Gasteiger partial charge is 0.237 e. The van der Waals surface area contributed by atoms with E-state index in [1.807, 2.05) is 12.1 Å². The Labute approximate surface area is 156 Å². The minimum atomic E-state index is -0.00167. The Morgan fingerprint density at radius 3 is 2.69 bits per heavy atom. The summed E-state index contributed by atoms with van der Waals surface area (Å²) in [4.78, 5) is 16.7. The second kappa shape index (κ2) is 9.90. The number of carbonyl (C=O) groups is 1. The van der Waals surface area contributed by atoms with Crippen LogP contribution in [-0.2, 0) is 16.1 Å². The van der Waals surface area contributed by atoms with E-state index in [0.717, 1.165) is 70.9 Å². The maximum Gasteiger partial charge on any atom is 0.237 e. The van der Waals surface area contributed by atoms with Crippen LogP contribution in [-0.4, -0.2) is 74.8 Å². The minimum absolute atomic E-state index is 0.00167. The number of nitrogens with one attached hydrogen (secondary N) is 1.